The topological polar surface area (TPSA) is 0 Å². The van der Waals surface area contributed by atoms with Gasteiger partial charge in [-0.2, -0.15) is 0 Å². The third-order valence-corrected chi connectivity index (χ3v) is 3.11. The van der Waals surface area contributed by atoms with Gasteiger partial charge in [0.05, 0.1) is 0 Å². The molecule has 0 fully saturated rings. The number of hydrogen-bond acceptors (Lipinski definition) is 0. The van der Waals surface area contributed by atoms with Crippen LogP contribution in [0.5, 0.6) is 0 Å². The zero-order valence-electron chi connectivity index (χ0n) is 4.20. The minimum atomic E-state index is 0.403. The standard InChI is InChI=1S/C5H8.Mg/c1-4-5(2)3;/h4H,1-2H2,3H3;. The molecule has 0 saturated heterocycles. The molecule has 0 aromatic heterocycles. The van der Waals surface area contributed by atoms with Crippen LogP contribution in [0, 0.1) is 0 Å². The summed E-state index contributed by atoms with van der Waals surface area (Å²) < 4.78 is 2.95. The normalized spacial score (nSPS) is 18.5. The van der Waals surface area contributed by atoms with Crippen molar-refractivity contribution in [3.8, 4) is 0 Å². The molecule has 1 heterocycles. The van der Waals surface area contributed by atoms with Gasteiger partial charge >= 0.3 is 20.4 Å². The Morgan fingerprint density at radius 3 is 2.83 bits per heavy atom. The molecule has 0 aliphatic carbocycles. The van der Waals surface area contributed by atoms with Crippen LogP contribution in [0.4, 0.5) is 0 Å². The molecule has 0 bridgehead atoms. The Labute approximate surface area is 48.3 Å². The molecule has 0 aromatic rings. The molecule has 1 rings (SSSR count). The molecule has 6 heavy (non-hydrogen) atoms. The molecule has 0 radical (unpaired) electrons. The van der Waals surface area contributed by atoms with Gasteiger partial charge in [0, 0.05) is 0 Å². The summed E-state index contributed by atoms with van der Waals surface area (Å²) in [7, 11) is 0. The van der Waals surface area contributed by atoms with Gasteiger partial charge < -0.3 is 0 Å². The fourth-order valence-electron chi connectivity index (χ4n) is 0.831. The largest absolute Gasteiger partial charge is 0.375 e. The first-order chi connectivity index (χ1) is 2.89. The van der Waals surface area contributed by atoms with Crippen LogP contribution in [-0.2, 0) is 0 Å². The summed E-state index contributed by atoms with van der Waals surface area (Å²) in [5.74, 6) is 0. The average Bonchev–Trinajstić information content (AvgIpc) is 1.86. The van der Waals surface area contributed by atoms with Crippen molar-refractivity contribution in [1.29, 1.82) is 0 Å². The first-order valence-corrected chi connectivity index (χ1v) is 4.55. The van der Waals surface area contributed by atoms with Gasteiger partial charge in [-0.1, -0.05) is 0 Å². The molecule has 0 atom stereocenters. The Morgan fingerprint density at radius 1 is 1.83 bits per heavy atom. The second kappa shape index (κ2) is 1.98. The van der Waals surface area contributed by atoms with Gasteiger partial charge in [-0.15, -0.1) is 20.7 Å². The van der Waals surface area contributed by atoms with Crippen molar-refractivity contribution in [1.82, 2.24) is 0 Å². The maximum absolute atomic E-state index is 2.38. The lowest BCUT2D eigenvalue weighted by atomic mass is 10.3. The van der Waals surface area contributed by atoms with E-state index >= 15 is 0 Å². The highest BCUT2D eigenvalue weighted by Crippen LogP contribution is 2.09. The molecule has 0 saturated carbocycles. The number of allylic oxidation sites excluding steroid dienone is 2. The van der Waals surface area contributed by atoms with Crippen LogP contribution in [0.2, 0.25) is 9.10 Å². The molecule has 30 valence electrons. The number of hydrogen-bond donors (Lipinski definition) is 0. The van der Waals surface area contributed by atoms with Crippen molar-refractivity contribution in [3.63, 3.8) is 0 Å². The summed E-state index contributed by atoms with van der Waals surface area (Å²) in [6.07, 6.45) is 2.38. The lowest BCUT2D eigenvalue weighted by Gasteiger charge is -1.80. The van der Waals surface area contributed by atoms with Crippen LogP contribution >= 0.6 is 0 Å². The van der Waals surface area contributed by atoms with Crippen LogP contribution in [0.15, 0.2) is 11.6 Å². The molecule has 1 heteroatoms. The van der Waals surface area contributed by atoms with Crippen molar-refractivity contribution in [3.05, 3.63) is 11.6 Å². The Kier molecular flexibility index (Phi) is 1.54. The van der Waals surface area contributed by atoms with Crippen LogP contribution < -0.4 is 0 Å². The summed E-state index contributed by atoms with van der Waals surface area (Å²) in [6.45, 7) is 2.24. The van der Waals surface area contributed by atoms with Gasteiger partial charge in [0.1, 0.15) is 0 Å². The maximum Gasteiger partial charge on any atom is 0.375 e. The highest BCUT2D eigenvalue weighted by atomic mass is 24.5. The minimum absolute atomic E-state index is 0.403. The van der Waals surface area contributed by atoms with E-state index in [2.05, 4.69) is 13.0 Å². The maximum atomic E-state index is 2.38. The van der Waals surface area contributed by atoms with Gasteiger partial charge in [-0.05, 0) is 6.92 Å². The van der Waals surface area contributed by atoms with E-state index in [0.717, 1.165) is 0 Å². The van der Waals surface area contributed by atoms with E-state index in [0.29, 0.717) is 20.4 Å². The Hall–Kier alpha value is 0.506. The van der Waals surface area contributed by atoms with Crippen LogP contribution in [-0.4, -0.2) is 20.4 Å². The van der Waals surface area contributed by atoms with Gasteiger partial charge in [-0.25, -0.2) is 0 Å². The number of rotatable bonds is 0. The first kappa shape index (κ1) is 4.66. The predicted molar refractivity (Wildman–Crippen MR) is 29.1 cm³/mol. The molecule has 0 amide bonds. The fraction of sp³-hybridized carbons (Fsp3) is 0.600. The molecule has 1 aliphatic rings. The Balaban J connectivity index is 2.45. The van der Waals surface area contributed by atoms with Crippen molar-refractivity contribution >= 4 is 20.4 Å². The predicted octanol–water partition coefficient (Wildman–Crippen LogP) is 1.49. The molecule has 0 N–H and O–H groups in total. The smallest absolute Gasteiger partial charge is 0.128 e. The van der Waals surface area contributed by atoms with E-state index in [1.807, 2.05) is 0 Å². The van der Waals surface area contributed by atoms with Crippen molar-refractivity contribution < 1.29 is 0 Å². The lowest BCUT2D eigenvalue weighted by Crippen LogP contribution is -1.73. The third-order valence-electron chi connectivity index (χ3n) is 1.27. The highest BCUT2D eigenvalue weighted by Gasteiger charge is 2.00. The molecule has 0 nitrogen and oxygen atoms in total. The Morgan fingerprint density at radius 2 is 2.67 bits per heavy atom. The van der Waals surface area contributed by atoms with Gasteiger partial charge in [0.25, 0.3) is 0 Å². The summed E-state index contributed by atoms with van der Waals surface area (Å²) in [5, 5.41) is 0. The van der Waals surface area contributed by atoms with Crippen molar-refractivity contribution in [2.45, 2.75) is 16.0 Å². The third kappa shape index (κ3) is 0.983. The van der Waals surface area contributed by atoms with Crippen LogP contribution in [0.25, 0.3) is 0 Å². The second-order valence-corrected chi connectivity index (χ2v) is 3.73. The summed E-state index contributed by atoms with van der Waals surface area (Å²) in [6, 6.07) is 0. The summed E-state index contributed by atoms with van der Waals surface area (Å²) in [5.41, 5.74) is 1.64. The highest BCUT2D eigenvalue weighted by molar-refractivity contribution is 6.38. The SMILES string of the molecule is CC1=C[CH2][Mg][CH2]1. The van der Waals surface area contributed by atoms with E-state index < -0.39 is 0 Å². The molecular formula is C5H8Mg. The van der Waals surface area contributed by atoms with E-state index in [1.165, 1.54) is 9.10 Å². The van der Waals surface area contributed by atoms with E-state index in [4.69, 9.17) is 0 Å². The summed E-state index contributed by atoms with van der Waals surface area (Å²) in [4.78, 5) is 0. The fourth-order valence-corrected chi connectivity index (χ4v) is 2.49. The minimum Gasteiger partial charge on any atom is -0.128 e. The van der Waals surface area contributed by atoms with Crippen molar-refractivity contribution in [2.24, 2.45) is 0 Å². The lowest BCUT2D eigenvalue weighted by molar-refractivity contribution is 1.40. The van der Waals surface area contributed by atoms with Crippen LogP contribution in [0.1, 0.15) is 6.92 Å². The molecular weight excluding hydrogens is 84.4 g/mol. The molecule has 1 aliphatic heterocycles. The first-order valence-electron chi connectivity index (χ1n) is 2.55. The quantitative estimate of drug-likeness (QED) is 0.314. The molecule has 0 unspecified atom stereocenters. The zero-order valence-corrected chi connectivity index (χ0v) is 5.61. The van der Waals surface area contributed by atoms with Crippen molar-refractivity contribution in [2.75, 3.05) is 0 Å². The van der Waals surface area contributed by atoms with Gasteiger partial charge in [0.15, 0.2) is 0 Å². The van der Waals surface area contributed by atoms with E-state index in [1.54, 1.807) is 5.57 Å². The van der Waals surface area contributed by atoms with E-state index in [9.17, 15) is 0 Å². The second-order valence-electron chi connectivity index (χ2n) is 1.94. The van der Waals surface area contributed by atoms with E-state index in [-0.39, 0.29) is 0 Å². The summed E-state index contributed by atoms with van der Waals surface area (Å²) >= 11 is 0.403. The zero-order chi connectivity index (χ0) is 4.41. The van der Waals surface area contributed by atoms with Gasteiger partial charge in [0.2, 0.25) is 0 Å². The molecule has 0 spiro atoms. The monoisotopic (exact) mass is 92.0 g/mol. The molecule has 0 aromatic carbocycles. The van der Waals surface area contributed by atoms with Crippen LogP contribution in [0.3, 0.4) is 0 Å². The van der Waals surface area contributed by atoms with Gasteiger partial charge in [-0.3, -0.25) is 0 Å². The average molecular weight is 92.4 g/mol. The Bertz CT molecular complexity index is 74.0.